The second-order valence-corrected chi connectivity index (χ2v) is 6.11. The fourth-order valence-corrected chi connectivity index (χ4v) is 3.08. The molecule has 3 rings (SSSR count). The first-order chi connectivity index (χ1) is 10.9. The van der Waals surface area contributed by atoms with Gasteiger partial charge in [-0.3, -0.25) is 0 Å². The van der Waals surface area contributed by atoms with Gasteiger partial charge in [0, 0.05) is 12.1 Å². The SMILES string of the molecule is FC(F)(F)c1cc(-c2[nH]c(=S)nc3c2CCCCN3)ccc1Cl. The van der Waals surface area contributed by atoms with Crippen LogP contribution in [0.5, 0.6) is 0 Å². The van der Waals surface area contributed by atoms with Gasteiger partial charge in [0.2, 0.25) is 0 Å². The number of benzene rings is 1. The predicted molar refractivity (Wildman–Crippen MR) is 86.3 cm³/mol. The van der Waals surface area contributed by atoms with E-state index in [1.165, 1.54) is 6.07 Å². The van der Waals surface area contributed by atoms with Crippen molar-refractivity contribution in [1.82, 2.24) is 9.97 Å². The van der Waals surface area contributed by atoms with Gasteiger partial charge in [-0.15, -0.1) is 0 Å². The monoisotopic (exact) mass is 359 g/mol. The van der Waals surface area contributed by atoms with Crippen LogP contribution in [0.1, 0.15) is 24.0 Å². The van der Waals surface area contributed by atoms with E-state index in [4.69, 9.17) is 23.8 Å². The van der Waals surface area contributed by atoms with E-state index >= 15 is 0 Å². The van der Waals surface area contributed by atoms with Crippen LogP contribution in [0, 0.1) is 4.77 Å². The lowest BCUT2D eigenvalue weighted by atomic mass is 10.0. The Balaban J connectivity index is 2.20. The third-order valence-electron chi connectivity index (χ3n) is 3.74. The minimum absolute atomic E-state index is 0.233. The van der Waals surface area contributed by atoms with Gasteiger partial charge < -0.3 is 10.3 Å². The summed E-state index contributed by atoms with van der Waals surface area (Å²) in [4.78, 5) is 7.18. The Morgan fingerprint density at radius 2 is 2.00 bits per heavy atom. The number of H-pyrrole nitrogens is 1. The van der Waals surface area contributed by atoms with Crippen molar-refractivity contribution in [1.29, 1.82) is 0 Å². The number of nitrogens with one attached hydrogen (secondary N) is 2. The molecule has 23 heavy (non-hydrogen) atoms. The zero-order valence-corrected chi connectivity index (χ0v) is 13.5. The molecule has 0 unspecified atom stereocenters. The smallest absolute Gasteiger partial charge is 0.370 e. The number of hydrogen-bond donors (Lipinski definition) is 2. The molecule has 1 aliphatic rings. The molecule has 2 aromatic rings. The Bertz CT molecular complexity index is 802. The van der Waals surface area contributed by atoms with Gasteiger partial charge in [0.05, 0.1) is 16.3 Å². The number of alkyl halides is 3. The quantitative estimate of drug-likeness (QED) is 0.685. The third kappa shape index (κ3) is 3.35. The summed E-state index contributed by atoms with van der Waals surface area (Å²) in [5.74, 6) is 0.643. The molecule has 0 amide bonds. The summed E-state index contributed by atoms with van der Waals surface area (Å²) in [6, 6.07) is 3.87. The lowest BCUT2D eigenvalue weighted by Gasteiger charge is -2.15. The van der Waals surface area contributed by atoms with Crippen molar-refractivity contribution in [3.8, 4) is 11.3 Å². The first-order valence-corrected chi connectivity index (χ1v) is 7.89. The molecule has 1 aromatic carbocycles. The fourth-order valence-electron chi connectivity index (χ4n) is 2.67. The molecule has 2 N–H and O–H groups in total. The van der Waals surface area contributed by atoms with Gasteiger partial charge in [0.15, 0.2) is 4.77 Å². The number of hydrogen-bond acceptors (Lipinski definition) is 3. The summed E-state index contributed by atoms with van der Waals surface area (Å²) in [5.41, 5.74) is 0.960. The second-order valence-electron chi connectivity index (χ2n) is 5.32. The van der Waals surface area contributed by atoms with Crippen LogP contribution < -0.4 is 5.32 Å². The highest BCUT2D eigenvalue weighted by atomic mass is 35.5. The molecule has 0 radical (unpaired) electrons. The molecule has 0 fully saturated rings. The highest BCUT2D eigenvalue weighted by Crippen LogP contribution is 2.38. The van der Waals surface area contributed by atoms with E-state index in [0.717, 1.165) is 37.4 Å². The van der Waals surface area contributed by atoms with Crippen LogP contribution in [0.4, 0.5) is 19.0 Å². The first kappa shape index (κ1) is 16.3. The van der Waals surface area contributed by atoms with Crippen molar-refractivity contribution in [2.75, 3.05) is 11.9 Å². The summed E-state index contributed by atoms with van der Waals surface area (Å²) in [6.45, 7) is 0.770. The molecule has 3 nitrogen and oxygen atoms in total. The fraction of sp³-hybridized carbons (Fsp3) is 0.333. The van der Waals surface area contributed by atoms with Crippen LogP contribution in [-0.2, 0) is 12.6 Å². The molecular weight excluding hydrogens is 347 g/mol. The summed E-state index contributed by atoms with van der Waals surface area (Å²) < 4.78 is 39.5. The molecular formula is C15H13ClF3N3S. The largest absolute Gasteiger partial charge is 0.417 e. The van der Waals surface area contributed by atoms with Crippen LogP contribution in [0.15, 0.2) is 18.2 Å². The normalized spacial score (nSPS) is 14.8. The average molecular weight is 360 g/mol. The number of anilines is 1. The molecule has 122 valence electrons. The molecule has 0 bridgehead atoms. The Hall–Kier alpha value is -1.60. The number of halogens is 4. The van der Waals surface area contributed by atoms with Crippen LogP contribution in [-0.4, -0.2) is 16.5 Å². The average Bonchev–Trinajstić information content (AvgIpc) is 2.71. The van der Waals surface area contributed by atoms with Crippen molar-refractivity contribution < 1.29 is 13.2 Å². The number of nitrogens with zero attached hydrogens (tertiary/aromatic N) is 1. The number of rotatable bonds is 1. The van der Waals surface area contributed by atoms with Gasteiger partial charge in [-0.1, -0.05) is 17.7 Å². The van der Waals surface area contributed by atoms with E-state index in [1.54, 1.807) is 6.07 Å². The highest BCUT2D eigenvalue weighted by molar-refractivity contribution is 7.71. The number of aromatic nitrogens is 2. The minimum atomic E-state index is -4.51. The van der Waals surface area contributed by atoms with Crippen molar-refractivity contribution in [3.63, 3.8) is 0 Å². The molecule has 0 spiro atoms. The van der Waals surface area contributed by atoms with E-state index in [1.807, 2.05) is 0 Å². The highest BCUT2D eigenvalue weighted by Gasteiger charge is 2.33. The summed E-state index contributed by atoms with van der Waals surface area (Å²) in [5, 5.41) is 2.87. The lowest BCUT2D eigenvalue weighted by Crippen LogP contribution is -2.08. The van der Waals surface area contributed by atoms with Crippen LogP contribution in [0.2, 0.25) is 5.02 Å². The van der Waals surface area contributed by atoms with Gasteiger partial charge in [0.1, 0.15) is 5.82 Å². The van der Waals surface area contributed by atoms with Gasteiger partial charge in [-0.05, 0) is 49.2 Å². The Labute approximate surface area is 140 Å². The minimum Gasteiger partial charge on any atom is -0.370 e. The topological polar surface area (TPSA) is 40.7 Å². The number of aromatic amines is 1. The molecule has 0 atom stereocenters. The maximum atomic E-state index is 13.1. The summed E-state index contributed by atoms with van der Waals surface area (Å²) >= 11 is 10.8. The van der Waals surface area contributed by atoms with Crippen LogP contribution >= 0.6 is 23.8 Å². The van der Waals surface area contributed by atoms with E-state index in [-0.39, 0.29) is 9.79 Å². The molecule has 0 saturated heterocycles. The standard InChI is InChI=1S/C15H13ClF3N3S/c16-11-5-4-8(7-10(11)15(17,18)19)12-9-3-1-2-6-20-13(9)22-14(23)21-12/h4-5,7H,1-3,6H2,(H2,20,21,22,23). The maximum absolute atomic E-state index is 13.1. The second kappa shape index (κ2) is 6.13. The van der Waals surface area contributed by atoms with Gasteiger partial charge >= 0.3 is 6.18 Å². The Kier molecular flexibility index (Phi) is 4.33. The zero-order chi connectivity index (χ0) is 16.6. The molecule has 8 heteroatoms. The van der Waals surface area contributed by atoms with Gasteiger partial charge in [-0.2, -0.15) is 13.2 Å². The van der Waals surface area contributed by atoms with E-state index in [9.17, 15) is 13.2 Å². The first-order valence-electron chi connectivity index (χ1n) is 7.10. The predicted octanol–water partition coefficient (Wildman–Crippen LogP) is 5.23. The van der Waals surface area contributed by atoms with Crippen molar-refractivity contribution >= 4 is 29.6 Å². The van der Waals surface area contributed by atoms with Crippen LogP contribution in [0.25, 0.3) is 11.3 Å². The van der Waals surface area contributed by atoms with Crippen molar-refractivity contribution in [2.24, 2.45) is 0 Å². The third-order valence-corrected chi connectivity index (χ3v) is 4.26. The Morgan fingerprint density at radius 3 is 2.74 bits per heavy atom. The van der Waals surface area contributed by atoms with Crippen molar-refractivity contribution in [3.05, 3.63) is 39.1 Å². The zero-order valence-electron chi connectivity index (χ0n) is 11.9. The maximum Gasteiger partial charge on any atom is 0.417 e. The summed E-state index contributed by atoms with van der Waals surface area (Å²) in [7, 11) is 0. The molecule has 1 aliphatic heterocycles. The van der Waals surface area contributed by atoms with E-state index < -0.39 is 11.7 Å². The van der Waals surface area contributed by atoms with E-state index in [2.05, 4.69) is 15.3 Å². The van der Waals surface area contributed by atoms with Gasteiger partial charge in [0.25, 0.3) is 0 Å². The lowest BCUT2D eigenvalue weighted by molar-refractivity contribution is -0.137. The molecule has 0 aliphatic carbocycles. The molecule has 2 heterocycles. The van der Waals surface area contributed by atoms with Crippen molar-refractivity contribution in [2.45, 2.75) is 25.4 Å². The van der Waals surface area contributed by atoms with Crippen LogP contribution in [0.3, 0.4) is 0 Å². The van der Waals surface area contributed by atoms with Gasteiger partial charge in [-0.25, -0.2) is 4.98 Å². The molecule has 1 aromatic heterocycles. The van der Waals surface area contributed by atoms with E-state index in [0.29, 0.717) is 17.1 Å². The molecule has 0 saturated carbocycles. The number of fused-ring (bicyclic) bond motifs is 1. The Morgan fingerprint density at radius 1 is 1.22 bits per heavy atom. The summed E-state index contributed by atoms with van der Waals surface area (Å²) in [6.07, 6.45) is -1.89.